The van der Waals surface area contributed by atoms with E-state index in [2.05, 4.69) is 10.6 Å². The number of benzene rings is 1. The van der Waals surface area contributed by atoms with Gasteiger partial charge in [-0.2, -0.15) is 0 Å². The van der Waals surface area contributed by atoms with Gasteiger partial charge in [-0.05, 0) is 38.5 Å². The Hall–Kier alpha value is -2.15. The van der Waals surface area contributed by atoms with Crippen LogP contribution in [0.15, 0.2) is 24.3 Å². The molecule has 128 valence electrons. The van der Waals surface area contributed by atoms with Gasteiger partial charge in [-0.3, -0.25) is 4.79 Å². The molecule has 1 aromatic carbocycles. The molecule has 1 aromatic rings. The Labute approximate surface area is 135 Å². The average Bonchev–Trinajstić information content (AvgIpc) is 2.42. The van der Waals surface area contributed by atoms with Crippen molar-refractivity contribution in [2.75, 3.05) is 13.1 Å². The fourth-order valence-corrected chi connectivity index (χ4v) is 1.72. The van der Waals surface area contributed by atoms with Crippen molar-refractivity contribution >= 4 is 12.0 Å². The molecule has 0 heterocycles. The van der Waals surface area contributed by atoms with E-state index < -0.39 is 23.6 Å². The molecule has 0 bridgehead atoms. The molecule has 0 aromatic heterocycles. The average molecular weight is 326 g/mol. The number of ether oxygens (including phenoxy) is 1. The third kappa shape index (κ3) is 8.15. The van der Waals surface area contributed by atoms with Gasteiger partial charge in [-0.25, -0.2) is 9.18 Å². The number of alkyl carbamates (subject to hydrolysis) is 1. The summed E-state index contributed by atoms with van der Waals surface area (Å²) in [6.45, 7) is 5.32. The molecule has 0 aliphatic carbocycles. The predicted octanol–water partition coefficient (Wildman–Crippen LogP) is 1.89. The molecular formula is C16H23FN2O4. The molecule has 2 amide bonds. The minimum absolute atomic E-state index is 0.0330. The van der Waals surface area contributed by atoms with E-state index in [1.54, 1.807) is 26.8 Å². The topological polar surface area (TPSA) is 87.7 Å². The molecule has 0 saturated carbocycles. The monoisotopic (exact) mass is 326 g/mol. The molecule has 0 saturated heterocycles. The van der Waals surface area contributed by atoms with Gasteiger partial charge in [0.15, 0.2) is 0 Å². The maximum absolute atomic E-state index is 13.0. The van der Waals surface area contributed by atoms with Gasteiger partial charge in [0.1, 0.15) is 11.4 Å². The van der Waals surface area contributed by atoms with E-state index in [0.717, 1.165) is 0 Å². The number of nitrogens with one attached hydrogen (secondary N) is 2. The second kappa shape index (κ2) is 8.47. The zero-order valence-corrected chi connectivity index (χ0v) is 13.6. The van der Waals surface area contributed by atoms with Crippen molar-refractivity contribution in [1.29, 1.82) is 0 Å². The lowest BCUT2D eigenvalue weighted by Gasteiger charge is -2.19. The number of hydrogen-bond acceptors (Lipinski definition) is 4. The summed E-state index contributed by atoms with van der Waals surface area (Å²) in [5, 5.41) is 14.8. The minimum Gasteiger partial charge on any atom is -0.444 e. The van der Waals surface area contributed by atoms with Crippen LogP contribution in [0.2, 0.25) is 0 Å². The van der Waals surface area contributed by atoms with Crippen LogP contribution >= 0.6 is 0 Å². The molecule has 0 fully saturated rings. The van der Waals surface area contributed by atoms with Gasteiger partial charge >= 0.3 is 6.09 Å². The largest absolute Gasteiger partial charge is 0.444 e. The van der Waals surface area contributed by atoms with E-state index in [4.69, 9.17) is 4.74 Å². The first-order chi connectivity index (χ1) is 10.7. The summed E-state index contributed by atoms with van der Waals surface area (Å²) >= 11 is 0. The Balaban J connectivity index is 2.25. The third-order valence-corrected chi connectivity index (χ3v) is 2.75. The number of rotatable bonds is 6. The van der Waals surface area contributed by atoms with Crippen molar-refractivity contribution in [3.63, 3.8) is 0 Å². The second-order valence-corrected chi connectivity index (χ2v) is 6.05. The highest BCUT2D eigenvalue weighted by atomic mass is 19.1. The highest BCUT2D eigenvalue weighted by Crippen LogP contribution is 2.12. The highest BCUT2D eigenvalue weighted by molar-refractivity contribution is 5.77. The number of amides is 2. The van der Waals surface area contributed by atoms with Crippen molar-refractivity contribution < 1.29 is 23.8 Å². The summed E-state index contributed by atoms with van der Waals surface area (Å²) in [7, 11) is 0. The first-order valence-corrected chi connectivity index (χ1v) is 7.34. The maximum atomic E-state index is 13.0. The van der Waals surface area contributed by atoms with Gasteiger partial charge in [0.05, 0.1) is 6.10 Å². The van der Waals surface area contributed by atoms with Crippen LogP contribution < -0.4 is 10.6 Å². The van der Waals surface area contributed by atoms with Crippen LogP contribution in [-0.4, -0.2) is 35.8 Å². The van der Waals surface area contributed by atoms with Gasteiger partial charge < -0.3 is 20.5 Å². The zero-order chi connectivity index (χ0) is 17.5. The lowest BCUT2D eigenvalue weighted by molar-refractivity contribution is -0.121. The van der Waals surface area contributed by atoms with Gasteiger partial charge in [0.2, 0.25) is 5.91 Å². The molecule has 0 radical (unpaired) electrons. The number of carbonyl (C=O) groups is 2. The minimum atomic E-state index is -0.992. The Bertz CT molecular complexity index is 543. The normalized spacial score (nSPS) is 12.4. The number of carbonyl (C=O) groups excluding carboxylic acids is 2. The molecule has 0 aliphatic heterocycles. The summed E-state index contributed by atoms with van der Waals surface area (Å²) in [6.07, 6.45) is -1.53. The molecule has 0 unspecified atom stereocenters. The molecule has 6 nitrogen and oxygen atoms in total. The SMILES string of the molecule is CC(C)(C)OC(=O)NCCC(=O)NC[C@@H](O)c1cccc(F)c1. The molecular weight excluding hydrogens is 303 g/mol. The lowest BCUT2D eigenvalue weighted by atomic mass is 10.1. The third-order valence-electron chi connectivity index (χ3n) is 2.75. The smallest absolute Gasteiger partial charge is 0.407 e. The molecule has 1 atom stereocenters. The summed E-state index contributed by atoms with van der Waals surface area (Å²) < 4.78 is 18.1. The van der Waals surface area contributed by atoms with Gasteiger partial charge in [-0.1, -0.05) is 12.1 Å². The van der Waals surface area contributed by atoms with E-state index in [1.807, 2.05) is 0 Å². The maximum Gasteiger partial charge on any atom is 0.407 e. The van der Waals surface area contributed by atoms with Crippen LogP contribution in [0.5, 0.6) is 0 Å². The molecule has 7 heteroatoms. The predicted molar refractivity (Wildman–Crippen MR) is 83.2 cm³/mol. The quantitative estimate of drug-likeness (QED) is 0.745. The van der Waals surface area contributed by atoms with Gasteiger partial charge in [0, 0.05) is 19.5 Å². The molecule has 3 N–H and O–H groups in total. The van der Waals surface area contributed by atoms with Crippen LogP contribution in [0.4, 0.5) is 9.18 Å². The summed E-state index contributed by atoms with van der Waals surface area (Å²) in [4.78, 5) is 23.0. The van der Waals surface area contributed by atoms with Crippen molar-refractivity contribution in [2.24, 2.45) is 0 Å². The van der Waals surface area contributed by atoms with E-state index in [-0.39, 0.29) is 25.4 Å². The Kier molecular flexibility index (Phi) is 6.96. The Morgan fingerprint density at radius 3 is 2.61 bits per heavy atom. The summed E-state index contributed by atoms with van der Waals surface area (Å²) in [6, 6.07) is 5.54. The van der Waals surface area contributed by atoms with E-state index in [0.29, 0.717) is 5.56 Å². The molecule has 1 rings (SSSR count). The van der Waals surface area contributed by atoms with Crippen LogP contribution in [0.3, 0.4) is 0 Å². The summed E-state index contributed by atoms with van der Waals surface area (Å²) in [5.41, 5.74) is -0.210. The van der Waals surface area contributed by atoms with E-state index in [9.17, 15) is 19.1 Å². The van der Waals surface area contributed by atoms with Crippen molar-refractivity contribution in [3.05, 3.63) is 35.6 Å². The molecule has 23 heavy (non-hydrogen) atoms. The first-order valence-electron chi connectivity index (χ1n) is 7.34. The molecule has 0 spiro atoms. The second-order valence-electron chi connectivity index (χ2n) is 6.05. The summed E-state index contributed by atoms with van der Waals surface area (Å²) in [5.74, 6) is -0.786. The number of hydrogen-bond donors (Lipinski definition) is 3. The zero-order valence-electron chi connectivity index (χ0n) is 13.6. The van der Waals surface area contributed by atoms with Crippen LogP contribution in [0, 0.1) is 5.82 Å². The first kappa shape index (κ1) is 18.9. The van der Waals surface area contributed by atoms with Crippen molar-refractivity contribution in [1.82, 2.24) is 10.6 Å². The Morgan fingerprint density at radius 1 is 1.30 bits per heavy atom. The van der Waals surface area contributed by atoms with E-state index in [1.165, 1.54) is 18.2 Å². The fourth-order valence-electron chi connectivity index (χ4n) is 1.72. The van der Waals surface area contributed by atoms with Crippen LogP contribution in [-0.2, 0) is 9.53 Å². The number of aliphatic hydroxyl groups is 1. The van der Waals surface area contributed by atoms with Gasteiger partial charge in [-0.15, -0.1) is 0 Å². The van der Waals surface area contributed by atoms with Gasteiger partial charge in [0.25, 0.3) is 0 Å². The fraction of sp³-hybridized carbons (Fsp3) is 0.500. The standard InChI is InChI=1S/C16H23FN2O4/c1-16(2,3)23-15(22)18-8-7-14(21)19-10-13(20)11-5-4-6-12(17)9-11/h4-6,9,13,20H,7-8,10H2,1-3H3,(H,18,22)(H,19,21)/t13-/m1/s1. The van der Waals surface area contributed by atoms with Crippen molar-refractivity contribution in [2.45, 2.75) is 38.9 Å². The Morgan fingerprint density at radius 2 is 2.00 bits per heavy atom. The number of aliphatic hydroxyl groups excluding tert-OH is 1. The highest BCUT2D eigenvalue weighted by Gasteiger charge is 2.16. The number of halogens is 1. The molecule has 0 aliphatic rings. The van der Waals surface area contributed by atoms with E-state index >= 15 is 0 Å². The van der Waals surface area contributed by atoms with Crippen LogP contribution in [0.1, 0.15) is 38.9 Å². The van der Waals surface area contributed by atoms with Crippen molar-refractivity contribution in [3.8, 4) is 0 Å². The van der Waals surface area contributed by atoms with Crippen LogP contribution in [0.25, 0.3) is 0 Å². The lowest BCUT2D eigenvalue weighted by Crippen LogP contribution is -2.35.